The van der Waals surface area contributed by atoms with E-state index < -0.39 is 0 Å². The van der Waals surface area contributed by atoms with Gasteiger partial charge in [0.05, 0.1) is 6.61 Å². The van der Waals surface area contributed by atoms with Crippen molar-refractivity contribution in [2.45, 2.75) is 52.9 Å². The van der Waals surface area contributed by atoms with Gasteiger partial charge in [-0.25, -0.2) is 0 Å². The summed E-state index contributed by atoms with van der Waals surface area (Å²) in [5.74, 6) is 0.462. The van der Waals surface area contributed by atoms with Gasteiger partial charge in [-0.05, 0) is 12.3 Å². The fraction of sp³-hybridized carbons (Fsp3) is 0.909. The third kappa shape index (κ3) is 7.82. The van der Waals surface area contributed by atoms with E-state index in [0.717, 1.165) is 25.7 Å². The Labute approximate surface area is 81.7 Å². The second-order valence-corrected chi connectivity index (χ2v) is 3.65. The Bertz CT molecular complexity index is 132. The van der Waals surface area contributed by atoms with Gasteiger partial charge in [-0.3, -0.25) is 4.79 Å². The number of carbonyl (C=O) groups is 1. The monoisotopic (exact) mass is 186 g/mol. The molecule has 0 radical (unpaired) electrons. The first kappa shape index (κ1) is 12.5. The summed E-state index contributed by atoms with van der Waals surface area (Å²) in [5, 5.41) is 0. The van der Waals surface area contributed by atoms with E-state index in [0.29, 0.717) is 18.9 Å². The molecule has 0 aromatic heterocycles. The Morgan fingerprint density at radius 3 is 2.54 bits per heavy atom. The van der Waals surface area contributed by atoms with Crippen molar-refractivity contribution >= 4 is 5.97 Å². The van der Waals surface area contributed by atoms with Gasteiger partial charge in [0.15, 0.2) is 0 Å². The molecule has 0 aliphatic heterocycles. The molecule has 0 aliphatic carbocycles. The number of hydrogen-bond acceptors (Lipinski definition) is 2. The van der Waals surface area contributed by atoms with Gasteiger partial charge in [0.1, 0.15) is 0 Å². The minimum Gasteiger partial charge on any atom is -0.465 e. The van der Waals surface area contributed by atoms with Gasteiger partial charge in [-0.15, -0.1) is 0 Å². The topological polar surface area (TPSA) is 26.3 Å². The molecule has 0 N–H and O–H groups in total. The summed E-state index contributed by atoms with van der Waals surface area (Å²) in [5.41, 5.74) is 0. The van der Waals surface area contributed by atoms with E-state index in [1.165, 1.54) is 0 Å². The van der Waals surface area contributed by atoms with Crippen LogP contribution in [0.2, 0.25) is 0 Å². The number of ether oxygens (including phenoxy) is 1. The summed E-state index contributed by atoms with van der Waals surface area (Å²) >= 11 is 0. The molecule has 0 aromatic rings. The first-order valence-electron chi connectivity index (χ1n) is 5.36. The van der Waals surface area contributed by atoms with Crippen molar-refractivity contribution in [2.75, 3.05) is 6.61 Å². The Morgan fingerprint density at radius 2 is 2.00 bits per heavy atom. The van der Waals surface area contributed by atoms with Gasteiger partial charge in [-0.1, -0.05) is 40.0 Å². The number of esters is 1. The fourth-order valence-electron chi connectivity index (χ4n) is 0.945. The number of hydrogen-bond donors (Lipinski definition) is 0. The maximum atomic E-state index is 11.1. The van der Waals surface area contributed by atoms with Gasteiger partial charge >= 0.3 is 5.97 Å². The zero-order valence-electron chi connectivity index (χ0n) is 9.14. The quantitative estimate of drug-likeness (QED) is 0.451. The highest BCUT2D eigenvalue weighted by atomic mass is 16.5. The Hall–Kier alpha value is -0.530. The lowest BCUT2D eigenvalue weighted by Gasteiger charge is -2.09. The Kier molecular flexibility index (Phi) is 7.76. The van der Waals surface area contributed by atoms with Crippen LogP contribution in [0.4, 0.5) is 0 Å². The van der Waals surface area contributed by atoms with Gasteiger partial charge in [-0.2, -0.15) is 0 Å². The summed E-state index contributed by atoms with van der Waals surface area (Å²) in [4.78, 5) is 11.1. The second-order valence-electron chi connectivity index (χ2n) is 3.65. The molecule has 0 unspecified atom stereocenters. The first-order valence-corrected chi connectivity index (χ1v) is 5.36. The molecule has 0 rings (SSSR count). The van der Waals surface area contributed by atoms with E-state index in [9.17, 15) is 4.79 Å². The molecule has 0 bridgehead atoms. The van der Waals surface area contributed by atoms with E-state index in [1.807, 2.05) is 0 Å². The van der Waals surface area contributed by atoms with Gasteiger partial charge in [0.2, 0.25) is 0 Å². The lowest BCUT2D eigenvalue weighted by atomic mass is 10.1. The lowest BCUT2D eigenvalue weighted by molar-refractivity contribution is -0.145. The number of unbranched alkanes of at least 4 members (excludes halogenated alkanes) is 2. The summed E-state index contributed by atoms with van der Waals surface area (Å²) in [6.45, 7) is 6.92. The van der Waals surface area contributed by atoms with Crippen LogP contribution < -0.4 is 0 Å². The molecule has 1 atom stereocenters. The second kappa shape index (κ2) is 8.09. The largest absolute Gasteiger partial charge is 0.465 e. The van der Waals surface area contributed by atoms with E-state index in [1.54, 1.807) is 0 Å². The molecule has 2 heteroatoms. The molecule has 13 heavy (non-hydrogen) atoms. The normalized spacial score (nSPS) is 12.5. The van der Waals surface area contributed by atoms with E-state index in [4.69, 9.17) is 4.74 Å². The maximum Gasteiger partial charge on any atom is 0.305 e. The molecule has 0 amide bonds. The maximum absolute atomic E-state index is 11.1. The summed E-state index contributed by atoms with van der Waals surface area (Å²) in [6, 6.07) is 0. The van der Waals surface area contributed by atoms with Crippen molar-refractivity contribution in [2.24, 2.45) is 5.92 Å². The van der Waals surface area contributed by atoms with Crippen molar-refractivity contribution in [3.8, 4) is 0 Å². The third-order valence-corrected chi connectivity index (χ3v) is 2.21. The molecule has 0 saturated carbocycles. The molecule has 0 aromatic carbocycles. The van der Waals surface area contributed by atoms with E-state index in [-0.39, 0.29) is 5.97 Å². The highest BCUT2D eigenvalue weighted by Crippen LogP contribution is 2.04. The average molecular weight is 186 g/mol. The summed E-state index contributed by atoms with van der Waals surface area (Å²) in [7, 11) is 0. The van der Waals surface area contributed by atoms with Crippen LogP contribution >= 0.6 is 0 Å². The van der Waals surface area contributed by atoms with Crippen molar-refractivity contribution in [3.05, 3.63) is 0 Å². The van der Waals surface area contributed by atoms with E-state index >= 15 is 0 Å². The molecule has 0 aliphatic rings. The summed E-state index contributed by atoms with van der Waals surface area (Å²) < 4.78 is 5.10. The molecule has 0 saturated heterocycles. The predicted molar refractivity (Wildman–Crippen MR) is 54.6 cm³/mol. The van der Waals surface area contributed by atoms with Crippen LogP contribution in [0.1, 0.15) is 52.9 Å². The average Bonchev–Trinajstić information content (AvgIpc) is 2.14. The molecule has 2 nitrogen and oxygen atoms in total. The minimum atomic E-state index is -0.0336. The molecular weight excluding hydrogens is 164 g/mol. The number of carbonyl (C=O) groups excluding carboxylic acids is 1. The van der Waals surface area contributed by atoms with Gasteiger partial charge < -0.3 is 4.74 Å². The molecule has 0 fully saturated rings. The fourth-order valence-corrected chi connectivity index (χ4v) is 0.945. The van der Waals surface area contributed by atoms with Gasteiger partial charge in [0, 0.05) is 6.42 Å². The predicted octanol–water partition coefficient (Wildman–Crippen LogP) is 3.16. The van der Waals surface area contributed by atoms with Crippen molar-refractivity contribution < 1.29 is 9.53 Å². The first-order chi connectivity index (χ1) is 6.20. The number of rotatable bonds is 7. The highest BCUT2D eigenvalue weighted by molar-refractivity contribution is 5.69. The van der Waals surface area contributed by atoms with E-state index in [2.05, 4.69) is 20.8 Å². The Balaban J connectivity index is 3.30. The Morgan fingerprint density at radius 1 is 1.31 bits per heavy atom. The van der Waals surface area contributed by atoms with Crippen LogP contribution in [0.25, 0.3) is 0 Å². The van der Waals surface area contributed by atoms with Crippen LogP contribution in [0.15, 0.2) is 0 Å². The smallest absolute Gasteiger partial charge is 0.305 e. The van der Waals surface area contributed by atoms with Crippen molar-refractivity contribution in [3.63, 3.8) is 0 Å². The van der Waals surface area contributed by atoms with Gasteiger partial charge in [0.25, 0.3) is 0 Å². The van der Waals surface area contributed by atoms with Crippen LogP contribution in [0.5, 0.6) is 0 Å². The standard InChI is InChI=1S/C11H22O2/c1-4-6-7-8-11(12)13-9-10(3)5-2/h10H,4-9H2,1-3H3/t10-/m0/s1. The minimum absolute atomic E-state index is 0.0336. The lowest BCUT2D eigenvalue weighted by Crippen LogP contribution is -2.10. The zero-order chi connectivity index (χ0) is 10.1. The zero-order valence-corrected chi connectivity index (χ0v) is 9.14. The third-order valence-electron chi connectivity index (χ3n) is 2.21. The SMILES string of the molecule is CCCCCC(=O)OC[C@@H](C)CC. The van der Waals surface area contributed by atoms with Crippen LogP contribution in [0.3, 0.4) is 0 Å². The molecule has 0 heterocycles. The van der Waals surface area contributed by atoms with Crippen molar-refractivity contribution in [1.82, 2.24) is 0 Å². The van der Waals surface area contributed by atoms with Crippen LogP contribution in [0, 0.1) is 5.92 Å². The van der Waals surface area contributed by atoms with Crippen LogP contribution in [-0.4, -0.2) is 12.6 Å². The molecule has 0 spiro atoms. The van der Waals surface area contributed by atoms with Crippen molar-refractivity contribution in [1.29, 1.82) is 0 Å². The molecular formula is C11H22O2. The van der Waals surface area contributed by atoms with Crippen LogP contribution in [-0.2, 0) is 9.53 Å². The summed E-state index contributed by atoms with van der Waals surface area (Å²) in [6.07, 6.45) is 4.90. The molecule has 78 valence electrons. The highest BCUT2D eigenvalue weighted by Gasteiger charge is 2.04.